The van der Waals surface area contributed by atoms with Crippen LogP contribution in [0.1, 0.15) is 11.1 Å². The molecule has 3 aromatic rings. The van der Waals surface area contributed by atoms with E-state index >= 15 is 0 Å². The van der Waals surface area contributed by atoms with Crippen LogP contribution in [-0.2, 0) is 9.59 Å². The molecule has 0 radical (unpaired) electrons. The number of ether oxygens (including phenoxy) is 1. The summed E-state index contributed by atoms with van der Waals surface area (Å²) in [5.41, 5.74) is 5.07. The molecule has 0 aromatic heterocycles. The van der Waals surface area contributed by atoms with E-state index in [4.69, 9.17) is 4.74 Å². The molecular weight excluding hydrogens is 376 g/mol. The molecule has 3 aromatic carbocycles. The van der Waals surface area contributed by atoms with E-state index in [1.807, 2.05) is 86.6 Å². The Hall–Kier alpha value is -3.60. The molecule has 0 atom stereocenters. The standard InChI is InChI=1S/C25H26N2O3/c1-18-8-7-11-23(19(18)2)26-24(28)16-27(3)25(29)17-30-22-14-12-21(13-15-22)20-9-5-4-6-10-20/h4-15H,16-17H2,1-3H3,(H,26,28). The first-order valence-corrected chi connectivity index (χ1v) is 9.82. The Morgan fingerprint density at radius 2 is 1.53 bits per heavy atom. The van der Waals surface area contributed by atoms with E-state index in [1.54, 1.807) is 7.05 Å². The van der Waals surface area contributed by atoms with Crippen LogP contribution in [0.15, 0.2) is 72.8 Å². The first-order chi connectivity index (χ1) is 14.4. The SMILES string of the molecule is Cc1cccc(NC(=O)CN(C)C(=O)COc2ccc(-c3ccccc3)cc2)c1C. The minimum absolute atomic E-state index is 0.0392. The minimum Gasteiger partial charge on any atom is -0.484 e. The number of hydrogen-bond donors (Lipinski definition) is 1. The summed E-state index contributed by atoms with van der Waals surface area (Å²) in [4.78, 5) is 26.0. The zero-order valence-corrected chi connectivity index (χ0v) is 17.5. The second-order valence-corrected chi connectivity index (χ2v) is 7.22. The maximum absolute atomic E-state index is 12.3. The number of benzene rings is 3. The van der Waals surface area contributed by atoms with E-state index in [2.05, 4.69) is 5.32 Å². The number of likely N-dealkylation sites (N-methyl/N-ethyl adjacent to an activating group) is 1. The smallest absolute Gasteiger partial charge is 0.260 e. The number of anilines is 1. The number of carbonyl (C=O) groups excluding carboxylic acids is 2. The third kappa shape index (κ3) is 5.47. The number of carbonyl (C=O) groups is 2. The Morgan fingerprint density at radius 3 is 2.23 bits per heavy atom. The molecule has 2 amide bonds. The van der Waals surface area contributed by atoms with Crippen LogP contribution < -0.4 is 10.1 Å². The number of hydrogen-bond acceptors (Lipinski definition) is 3. The molecule has 30 heavy (non-hydrogen) atoms. The van der Waals surface area contributed by atoms with Crippen LogP contribution in [0.4, 0.5) is 5.69 Å². The number of nitrogens with zero attached hydrogens (tertiary/aromatic N) is 1. The highest BCUT2D eigenvalue weighted by atomic mass is 16.5. The Morgan fingerprint density at radius 1 is 0.867 bits per heavy atom. The fourth-order valence-electron chi connectivity index (χ4n) is 3.01. The molecule has 154 valence electrons. The van der Waals surface area contributed by atoms with Gasteiger partial charge in [0.05, 0.1) is 6.54 Å². The van der Waals surface area contributed by atoms with Crippen molar-refractivity contribution in [1.82, 2.24) is 4.90 Å². The number of nitrogens with one attached hydrogen (secondary N) is 1. The van der Waals surface area contributed by atoms with Crippen molar-refractivity contribution < 1.29 is 14.3 Å². The lowest BCUT2D eigenvalue weighted by atomic mass is 10.1. The van der Waals surface area contributed by atoms with Gasteiger partial charge in [0.15, 0.2) is 6.61 Å². The van der Waals surface area contributed by atoms with Crippen LogP contribution in [0.25, 0.3) is 11.1 Å². The summed E-state index contributed by atoms with van der Waals surface area (Å²) in [6.07, 6.45) is 0. The summed E-state index contributed by atoms with van der Waals surface area (Å²) in [6, 6.07) is 23.4. The lowest BCUT2D eigenvalue weighted by molar-refractivity contribution is -0.135. The van der Waals surface area contributed by atoms with Crippen molar-refractivity contribution in [3.63, 3.8) is 0 Å². The van der Waals surface area contributed by atoms with Gasteiger partial charge in [-0.3, -0.25) is 9.59 Å². The van der Waals surface area contributed by atoms with Crippen LogP contribution in [-0.4, -0.2) is 36.9 Å². The van der Waals surface area contributed by atoms with Gasteiger partial charge in [0, 0.05) is 12.7 Å². The second kappa shape index (κ2) is 9.74. The maximum atomic E-state index is 12.3. The van der Waals surface area contributed by atoms with Gasteiger partial charge < -0.3 is 15.0 Å². The number of rotatable bonds is 7. The van der Waals surface area contributed by atoms with Crippen molar-refractivity contribution in [2.24, 2.45) is 0 Å². The van der Waals surface area contributed by atoms with E-state index in [0.29, 0.717) is 5.75 Å². The molecule has 0 spiro atoms. The molecule has 1 N–H and O–H groups in total. The highest BCUT2D eigenvalue weighted by molar-refractivity contribution is 5.95. The molecular formula is C25H26N2O3. The van der Waals surface area contributed by atoms with Crippen LogP contribution in [0.2, 0.25) is 0 Å². The Balaban J connectivity index is 1.49. The monoisotopic (exact) mass is 402 g/mol. The summed E-state index contributed by atoms with van der Waals surface area (Å²) >= 11 is 0. The summed E-state index contributed by atoms with van der Waals surface area (Å²) in [5, 5.41) is 2.86. The zero-order chi connectivity index (χ0) is 21.5. The highest BCUT2D eigenvalue weighted by Crippen LogP contribution is 2.22. The summed E-state index contributed by atoms with van der Waals surface area (Å²) < 4.78 is 5.59. The average Bonchev–Trinajstić information content (AvgIpc) is 2.76. The van der Waals surface area contributed by atoms with E-state index in [9.17, 15) is 9.59 Å². The van der Waals surface area contributed by atoms with Gasteiger partial charge in [0.2, 0.25) is 5.91 Å². The van der Waals surface area contributed by atoms with Gasteiger partial charge in [-0.1, -0.05) is 54.6 Å². The summed E-state index contributed by atoms with van der Waals surface area (Å²) in [5.74, 6) is 0.0984. The zero-order valence-electron chi connectivity index (χ0n) is 17.5. The van der Waals surface area contributed by atoms with E-state index in [-0.39, 0.29) is 25.0 Å². The van der Waals surface area contributed by atoms with Gasteiger partial charge in [-0.05, 0) is 54.3 Å². The molecule has 5 heteroatoms. The number of aryl methyl sites for hydroxylation is 1. The average molecular weight is 402 g/mol. The van der Waals surface area contributed by atoms with E-state index in [0.717, 1.165) is 27.9 Å². The van der Waals surface area contributed by atoms with E-state index in [1.165, 1.54) is 4.90 Å². The van der Waals surface area contributed by atoms with Crippen molar-refractivity contribution in [3.8, 4) is 16.9 Å². The van der Waals surface area contributed by atoms with Crippen molar-refractivity contribution >= 4 is 17.5 Å². The van der Waals surface area contributed by atoms with Gasteiger partial charge in [0.1, 0.15) is 5.75 Å². The Bertz CT molecular complexity index is 1010. The molecule has 3 rings (SSSR count). The van der Waals surface area contributed by atoms with Crippen LogP contribution in [0.3, 0.4) is 0 Å². The van der Waals surface area contributed by atoms with Crippen molar-refractivity contribution in [3.05, 3.63) is 83.9 Å². The highest BCUT2D eigenvalue weighted by Gasteiger charge is 2.14. The third-order valence-corrected chi connectivity index (χ3v) is 5.01. The van der Waals surface area contributed by atoms with Crippen LogP contribution >= 0.6 is 0 Å². The topological polar surface area (TPSA) is 58.6 Å². The quantitative estimate of drug-likeness (QED) is 0.635. The second-order valence-electron chi connectivity index (χ2n) is 7.22. The van der Waals surface area contributed by atoms with E-state index < -0.39 is 0 Å². The fraction of sp³-hybridized carbons (Fsp3) is 0.200. The molecule has 0 bridgehead atoms. The van der Waals surface area contributed by atoms with Gasteiger partial charge in [0.25, 0.3) is 5.91 Å². The maximum Gasteiger partial charge on any atom is 0.260 e. The van der Waals surface area contributed by atoms with Crippen molar-refractivity contribution in [2.75, 3.05) is 25.5 Å². The Kier molecular flexibility index (Phi) is 6.86. The molecule has 0 heterocycles. The minimum atomic E-state index is -0.266. The molecule has 0 saturated heterocycles. The Labute approximate surface area is 177 Å². The number of amides is 2. The van der Waals surface area contributed by atoms with Crippen molar-refractivity contribution in [2.45, 2.75) is 13.8 Å². The first-order valence-electron chi connectivity index (χ1n) is 9.82. The molecule has 0 aliphatic heterocycles. The van der Waals surface area contributed by atoms with Crippen LogP contribution in [0, 0.1) is 13.8 Å². The fourth-order valence-corrected chi connectivity index (χ4v) is 3.01. The first kappa shape index (κ1) is 21.1. The molecule has 0 aliphatic carbocycles. The lowest BCUT2D eigenvalue weighted by Gasteiger charge is -2.18. The normalized spacial score (nSPS) is 10.4. The molecule has 0 unspecified atom stereocenters. The molecule has 0 fully saturated rings. The van der Waals surface area contributed by atoms with Crippen LogP contribution in [0.5, 0.6) is 5.75 Å². The van der Waals surface area contributed by atoms with Gasteiger partial charge in [-0.15, -0.1) is 0 Å². The predicted molar refractivity (Wildman–Crippen MR) is 120 cm³/mol. The van der Waals surface area contributed by atoms with Gasteiger partial charge >= 0.3 is 0 Å². The summed E-state index contributed by atoms with van der Waals surface area (Å²) in [6.45, 7) is 3.78. The van der Waals surface area contributed by atoms with Gasteiger partial charge in [-0.2, -0.15) is 0 Å². The summed E-state index contributed by atoms with van der Waals surface area (Å²) in [7, 11) is 1.59. The van der Waals surface area contributed by atoms with Gasteiger partial charge in [-0.25, -0.2) is 0 Å². The predicted octanol–water partition coefficient (Wildman–Crippen LogP) is 4.45. The largest absolute Gasteiger partial charge is 0.484 e. The van der Waals surface area contributed by atoms with Crippen molar-refractivity contribution in [1.29, 1.82) is 0 Å². The lowest BCUT2D eigenvalue weighted by Crippen LogP contribution is -2.37. The molecule has 0 aliphatic rings. The molecule has 0 saturated carbocycles. The third-order valence-electron chi connectivity index (χ3n) is 5.01. The molecule has 5 nitrogen and oxygen atoms in total.